The number of rotatable bonds is 6. The lowest BCUT2D eigenvalue weighted by Gasteiger charge is -2.14. The number of halogens is 1. The number of carbonyl (C=O) groups excluding carboxylic acids is 2. The Kier molecular flexibility index (Phi) is 6.18. The van der Waals surface area contributed by atoms with E-state index in [4.69, 9.17) is 16.3 Å². The lowest BCUT2D eigenvalue weighted by Crippen LogP contribution is -2.31. The number of amides is 1. The lowest BCUT2D eigenvalue weighted by atomic mass is 10.1. The minimum Gasteiger partial charge on any atom is -0.455 e. The minimum absolute atomic E-state index is 0.0428. The quantitative estimate of drug-likeness (QED) is 0.826. The van der Waals surface area contributed by atoms with Crippen molar-refractivity contribution < 1.29 is 14.3 Å². The average molecular weight is 332 g/mol. The van der Waals surface area contributed by atoms with Gasteiger partial charge in [-0.1, -0.05) is 60.1 Å². The Bertz CT molecular complexity index is 673. The zero-order valence-electron chi connectivity index (χ0n) is 12.8. The standard InChI is InChI=1S/C18H18ClNO3/c1-13(14-7-3-2-4-8-14)20-17(21)12-23-18(22)11-15-9-5-6-10-16(15)19/h2-10,13H,11-12H2,1H3,(H,20,21)/t13-/m0/s1. The highest BCUT2D eigenvalue weighted by Crippen LogP contribution is 2.15. The van der Waals surface area contributed by atoms with Crippen LogP contribution < -0.4 is 5.32 Å². The minimum atomic E-state index is -0.486. The summed E-state index contributed by atoms with van der Waals surface area (Å²) >= 11 is 5.98. The molecule has 0 aliphatic rings. The molecule has 0 heterocycles. The van der Waals surface area contributed by atoms with Gasteiger partial charge in [0.05, 0.1) is 12.5 Å². The maximum Gasteiger partial charge on any atom is 0.310 e. The van der Waals surface area contributed by atoms with Crippen molar-refractivity contribution in [3.8, 4) is 0 Å². The van der Waals surface area contributed by atoms with E-state index in [1.54, 1.807) is 24.3 Å². The summed E-state index contributed by atoms with van der Waals surface area (Å²) < 4.78 is 4.99. The molecule has 2 aromatic rings. The van der Waals surface area contributed by atoms with Crippen LogP contribution in [-0.4, -0.2) is 18.5 Å². The van der Waals surface area contributed by atoms with Gasteiger partial charge in [-0.25, -0.2) is 0 Å². The van der Waals surface area contributed by atoms with E-state index in [-0.39, 0.29) is 25.0 Å². The van der Waals surface area contributed by atoms with Crippen LogP contribution in [0.3, 0.4) is 0 Å². The van der Waals surface area contributed by atoms with Crippen molar-refractivity contribution in [2.75, 3.05) is 6.61 Å². The van der Waals surface area contributed by atoms with Gasteiger partial charge in [0.25, 0.3) is 5.91 Å². The highest BCUT2D eigenvalue weighted by Gasteiger charge is 2.13. The van der Waals surface area contributed by atoms with Crippen LogP contribution in [0.25, 0.3) is 0 Å². The summed E-state index contributed by atoms with van der Waals surface area (Å²) in [5.74, 6) is -0.825. The lowest BCUT2D eigenvalue weighted by molar-refractivity contribution is -0.148. The number of hydrogen-bond acceptors (Lipinski definition) is 3. The summed E-state index contributed by atoms with van der Waals surface area (Å²) in [5, 5.41) is 3.29. The van der Waals surface area contributed by atoms with Crippen molar-refractivity contribution in [3.05, 3.63) is 70.7 Å². The molecule has 5 heteroatoms. The second-order valence-electron chi connectivity index (χ2n) is 5.13. The summed E-state index contributed by atoms with van der Waals surface area (Å²) in [4.78, 5) is 23.6. The molecule has 0 aliphatic carbocycles. The molecule has 0 radical (unpaired) electrons. The van der Waals surface area contributed by atoms with Crippen molar-refractivity contribution in [3.63, 3.8) is 0 Å². The van der Waals surface area contributed by atoms with E-state index in [1.165, 1.54) is 0 Å². The number of benzene rings is 2. The van der Waals surface area contributed by atoms with Gasteiger partial charge in [-0.05, 0) is 24.1 Å². The normalized spacial score (nSPS) is 11.6. The molecule has 0 aromatic heterocycles. The molecule has 0 bridgehead atoms. The summed E-state index contributed by atoms with van der Waals surface area (Å²) in [6, 6.07) is 16.5. The van der Waals surface area contributed by atoms with Crippen LogP contribution in [0.15, 0.2) is 54.6 Å². The fourth-order valence-electron chi connectivity index (χ4n) is 2.10. The Hall–Kier alpha value is -2.33. The van der Waals surface area contributed by atoms with Gasteiger partial charge in [0.2, 0.25) is 0 Å². The van der Waals surface area contributed by atoms with Crippen molar-refractivity contribution >= 4 is 23.5 Å². The van der Waals surface area contributed by atoms with Gasteiger partial charge >= 0.3 is 5.97 Å². The van der Waals surface area contributed by atoms with E-state index < -0.39 is 5.97 Å². The summed E-state index contributed by atoms with van der Waals surface area (Å²) in [6.45, 7) is 1.57. The van der Waals surface area contributed by atoms with Crippen LogP contribution in [0.2, 0.25) is 5.02 Å². The molecule has 23 heavy (non-hydrogen) atoms. The zero-order valence-corrected chi connectivity index (χ0v) is 13.5. The summed E-state index contributed by atoms with van der Waals surface area (Å²) in [7, 11) is 0. The third-order valence-electron chi connectivity index (χ3n) is 3.33. The molecule has 0 saturated carbocycles. The first-order chi connectivity index (χ1) is 11.1. The molecule has 0 saturated heterocycles. The molecule has 1 amide bonds. The van der Waals surface area contributed by atoms with E-state index in [9.17, 15) is 9.59 Å². The molecular formula is C18H18ClNO3. The average Bonchev–Trinajstić information content (AvgIpc) is 2.56. The van der Waals surface area contributed by atoms with Gasteiger partial charge < -0.3 is 10.1 Å². The Balaban J connectivity index is 1.78. The van der Waals surface area contributed by atoms with Gasteiger partial charge in [-0.15, -0.1) is 0 Å². The van der Waals surface area contributed by atoms with Crippen molar-refractivity contribution in [2.45, 2.75) is 19.4 Å². The summed E-state index contributed by atoms with van der Waals surface area (Å²) in [5.41, 5.74) is 1.67. The van der Waals surface area contributed by atoms with Crippen molar-refractivity contribution in [1.82, 2.24) is 5.32 Å². The molecular weight excluding hydrogens is 314 g/mol. The summed E-state index contributed by atoms with van der Waals surface area (Å²) in [6.07, 6.45) is 0.0428. The molecule has 0 aliphatic heterocycles. The SMILES string of the molecule is C[C@H](NC(=O)COC(=O)Cc1ccccc1Cl)c1ccccc1. The number of ether oxygens (including phenoxy) is 1. The van der Waals surface area contributed by atoms with Gasteiger partial charge in [-0.3, -0.25) is 9.59 Å². The fraction of sp³-hybridized carbons (Fsp3) is 0.222. The topological polar surface area (TPSA) is 55.4 Å². The Labute approximate surface area is 140 Å². The number of carbonyl (C=O) groups is 2. The second kappa shape index (κ2) is 8.34. The van der Waals surface area contributed by atoms with E-state index in [2.05, 4.69) is 5.32 Å². The smallest absolute Gasteiger partial charge is 0.310 e. The molecule has 0 fully saturated rings. The maximum atomic E-state index is 11.8. The number of nitrogens with one attached hydrogen (secondary N) is 1. The van der Waals surface area contributed by atoms with Crippen LogP contribution >= 0.6 is 11.6 Å². The highest BCUT2D eigenvalue weighted by atomic mass is 35.5. The van der Waals surface area contributed by atoms with Crippen LogP contribution in [0.5, 0.6) is 0 Å². The molecule has 1 atom stereocenters. The first-order valence-corrected chi connectivity index (χ1v) is 7.67. The molecule has 0 unspecified atom stereocenters. The van der Waals surface area contributed by atoms with Crippen molar-refractivity contribution in [1.29, 1.82) is 0 Å². The first kappa shape index (κ1) is 17.0. The van der Waals surface area contributed by atoms with E-state index in [1.807, 2.05) is 37.3 Å². The zero-order chi connectivity index (χ0) is 16.7. The number of esters is 1. The van der Waals surface area contributed by atoms with Gasteiger partial charge in [0.1, 0.15) is 0 Å². The van der Waals surface area contributed by atoms with E-state index in [0.717, 1.165) is 5.56 Å². The predicted octanol–water partition coefficient (Wildman–Crippen LogP) is 3.30. The predicted molar refractivity (Wildman–Crippen MR) is 89.1 cm³/mol. The molecule has 2 aromatic carbocycles. The van der Waals surface area contributed by atoms with Crippen LogP contribution in [-0.2, 0) is 20.7 Å². The molecule has 0 spiro atoms. The van der Waals surface area contributed by atoms with Gasteiger partial charge in [0, 0.05) is 5.02 Å². The molecule has 1 N–H and O–H groups in total. The van der Waals surface area contributed by atoms with Gasteiger partial charge in [0.15, 0.2) is 6.61 Å². The van der Waals surface area contributed by atoms with Gasteiger partial charge in [-0.2, -0.15) is 0 Å². The second-order valence-corrected chi connectivity index (χ2v) is 5.54. The molecule has 4 nitrogen and oxygen atoms in total. The Morgan fingerprint density at radius 3 is 2.43 bits per heavy atom. The van der Waals surface area contributed by atoms with Crippen LogP contribution in [0.4, 0.5) is 0 Å². The highest BCUT2D eigenvalue weighted by molar-refractivity contribution is 6.31. The van der Waals surface area contributed by atoms with Crippen molar-refractivity contribution in [2.24, 2.45) is 0 Å². The van der Waals surface area contributed by atoms with Crippen LogP contribution in [0.1, 0.15) is 24.1 Å². The molecule has 120 valence electrons. The maximum absolute atomic E-state index is 11.8. The molecule has 2 rings (SSSR count). The number of hydrogen-bond donors (Lipinski definition) is 1. The fourth-order valence-corrected chi connectivity index (χ4v) is 2.31. The third kappa shape index (κ3) is 5.42. The first-order valence-electron chi connectivity index (χ1n) is 7.29. The largest absolute Gasteiger partial charge is 0.455 e. The van der Waals surface area contributed by atoms with Crippen LogP contribution in [0, 0.1) is 0 Å². The third-order valence-corrected chi connectivity index (χ3v) is 3.70. The monoisotopic (exact) mass is 331 g/mol. The van der Waals surface area contributed by atoms with E-state index in [0.29, 0.717) is 10.6 Å². The Morgan fingerprint density at radius 2 is 1.74 bits per heavy atom. The Morgan fingerprint density at radius 1 is 1.09 bits per heavy atom. The van der Waals surface area contributed by atoms with E-state index >= 15 is 0 Å².